The van der Waals surface area contributed by atoms with Crippen molar-refractivity contribution < 1.29 is 27.5 Å². The Bertz CT molecular complexity index is 1460. The van der Waals surface area contributed by atoms with Crippen molar-refractivity contribution >= 4 is 35.0 Å². The average molecular weight is 522 g/mol. The zero-order valence-electron chi connectivity index (χ0n) is 18.2. The smallest absolute Gasteiger partial charge is 0.435 e. The molecule has 4 aromatic rings. The number of aliphatic imine (C=N–C) groups is 1. The number of rotatable bonds is 4. The molecule has 2 heterocycles. The molecule has 4 N–H and O–H groups in total. The Labute approximate surface area is 205 Å². The maximum atomic E-state index is 14.2. The molecule has 186 valence electrons. The predicted molar refractivity (Wildman–Crippen MR) is 123 cm³/mol. The first-order valence-electron chi connectivity index (χ1n) is 10.1. The standard InChI is InChI=1S/C22H16ClF4N7O2/c1-34-10-13(19(33-34)22(25,26)27)20(36)30-21(28-16-5-3-2-4-14(16)23)29-18-9-17(31-32-18)12-7-6-11(35)8-15(12)24/h2-10,35H,1H3,(H3,28,29,30,31,32,36). The largest absolute Gasteiger partial charge is 0.508 e. The number of nitrogens with one attached hydrogen (secondary N) is 3. The van der Waals surface area contributed by atoms with Crippen molar-refractivity contribution in [3.05, 3.63) is 76.8 Å². The fourth-order valence-electron chi connectivity index (χ4n) is 3.16. The molecule has 1 amide bonds. The summed E-state index contributed by atoms with van der Waals surface area (Å²) in [7, 11) is 1.25. The van der Waals surface area contributed by atoms with Crippen molar-refractivity contribution in [2.24, 2.45) is 12.0 Å². The number of carbonyl (C=O) groups is 1. The van der Waals surface area contributed by atoms with Crippen LogP contribution in [0.15, 0.2) is 59.7 Å². The molecule has 0 bridgehead atoms. The highest BCUT2D eigenvalue weighted by Crippen LogP contribution is 2.31. The number of guanidine groups is 1. The Morgan fingerprint density at radius 1 is 1.19 bits per heavy atom. The van der Waals surface area contributed by atoms with Gasteiger partial charge in [0.05, 0.1) is 22.0 Å². The molecule has 0 saturated heterocycles. The van der Waals surface area contributed by atoms with Gasteiger partial charge in [-0.3, -0.25) is 19.9 Å². The predicted octanol–water partition coefficient (Wildman–Crippen LogP) is 4.86. The van der Waals surface area contributed by atoms with Crippen LogP contribution < -0.4 is 10.6 Å². The number of hydrogen-bond acceptors (Lipinski definition) is 5. The second-order valence-corrected chi connectivity index (χ2v) is 7.79. The van der Waals surface area contributed by atoms with Crippen LogP contribution in [0.1, 0.15) is 16.1 Å². The number of carbonyl (C=O) groups excluding carboxylic acids is 1. The number of aryl methyl sites for hydroxylation is 1. The number of phenols is 1. The number of benzene rings is 2. The van der Waals surface area contributed by atoms with Gasteiger partial charge in [0, 0.05) is 30.9 Å². The van der Waals surface area contributed by atoms with Crippen LogP contribution in [0.4, 0.5) is 29.1 Å². The number of amides is 1. The molecule has 0 unspecified atom stereocenters. The van der Waals surface area contributed by atoms with E-state index in [2.05, 4.69) is 30.9 Å². The van der Waals surface area contributed by atoms with Gasteiger partial charge in [-0.2, -0.15) is 28.4 Å². The molecular weight excluding hydrogens is 506 g/mol. The van der Waals surface area contributed by atoms with Crippen molar-refractivity contribution in [3.63, 3.8) is 0 Å². The minimum Gasteiger partial charge on any atom is -0.508 e. The quantitative estimate of drug-likeness (QED) is 0.174. The molecule has 0 fully saturated rings. The molecule has 0 aliphatic carbocycles. The first-order chi connectivity index (χ1) is 17.0. The number of halogens is 5. The molecule has 0 atom stereocenters. The van der Waals surface area contributed by atoms with Crippen LogP contribution in [-0.4, -0.2) is 37.0 Å². The van der Waals surface area contributed by atoms with Crippen LogP contribution in [-0.2, 0) is 13.2 Å². The number of para-hydroxylation sites is 1. The number of aromatic hydroxyl groups is 1. The highest BCUT2D eigenvalue weighted by Gasteiger charge is 2.39. The zero-order valence-corrected chi connectivity index (χ0v) is 19.0. The monoisotopic (exact) mass is 521 g/mol. The lowest BCUT2D eigenvalue weighted by Crippen LogP contribution is -2.36. The molecule has 0 aliphatic heterocycles. The van der Waals surface area contributed by atoms with E-state index >= 15 is 0 Å². The second kappa shape index (κ2) is 9.70. The van der Waals surface area contributed by atoms with E-state index in [1.54, 1.807) is 24.3 Å². The van der Waals surface area contributed by atoms with Crippen LogP contribution in [0.3, 0.4) is 0 Å². The normalized spacial score (nSPS) is 12.0. The van der Waals surface area contributed by atoms with Gasteiger partial charge in [-0.1, -0.05) is 23.7 Å². The number of aromatic nitrogens is 4. The van der Waals surface area contributed by atoms with Gasteiger partial charge < -0.3 is 10.4 Å². The average Bonchev–Trinajstić information content (AvgIpc) is 3.42. The van der Waals surface area contributed by atoms with Crippen LogP contribution in [0.2, 0.25) is 5.02 Å². The lowest BCUT2D eigenvalue weighted by Gasteiger charge is -2.12. The molecule has 0 spiro atoms. The van der Waals surface area contributed by atoms with Gasteiger partial charge in [-0.05, 0) is 24.3 Å². The van der Waals surface area contributed by atoms with E-state index in [1.807, 2.05) is 0 Å². The van der Waals surface area contributed by atoms with E-state index < -0.39 is 29.2 Å². The van der Waals surface area contributed by atoms with E-state index in [0.717, 1.165) is 16.9 Å². The van der Waals surface area contributed by atoms with E-state index in [4.69, 9.17) is 11.6 Å². The number of anilines is 1. The Morgan fingerprint density at radius 3 is 2.64 bits per heavy atom. The minimum atomic E-state index is -4.87. The summed E-state index contributed by atoms with van der Waals surface area (Å²) >= 11 is 6.15. The molecule has 36 heavy (non-hydrogen) atoms. The molecule has 2 aromatic carbocycles. The fourth-order valence-corrected chi connectivity index (χ4v) is 3.34. The Kier molecular flexibility index (Phi) is 6.66. The summed E-state index contributed by atoms with van der Waals surface area (Å²) < 4.78 is 55.1. The number of aromatic amines is 1. The maximum Gasteiger partial charge on any atom is 0.435 e. The summed E-state index contributed by atoms with van der Waals surface area (Å²) in [4.78, 5) is 16.9. The summed E-state index contributed by atoms with van der Waals surface area (Å²) in [6.07, 6.45) is -3.95. The number of H-pyrrole nitrogens is 1. The van der Waals surface area contributed by atoms with Gasteiger partial charge in [0.1, 0.15) is 11.6 Å². The minimum absolute atomic E-state index is 0.0467. The number of alkyl halides is 3. The summed E-state index contributed by atoms with van der Waals surface area (Å²) in [5, 5.41) is 24.5. The van der Waals surface area contributed by atoms with Gasteiger partial charge in [0.2, 0.25) is 5.96 Å². The lowest BCUT2D eigenvalue weighted by atomic mass is 10.1. The molecule has 0 saturated carbocycles. The summed E-state index contributed by atoms with van der Waals surface area (Å²) in [5.74, 6) is -2.50. The van der Waals surface area contributed by atoms with Gasteiger partial charge in [0.15, 0.2) is 11.5 Å². The molecule has 9 nitrogen and oxygen atoms in total. The first kappa shape index (κ1) is 24.7. The molecule has 0 aliphatic rings. The topological polar surface area (TPSA) is 120 Å². The molecule has 4 rings (SSSR count). The zero-order chi connectivity index (χ0) is 26.0. The number of hydrogen-bond donors (Lipinski definition) is 4. The van der Waals surface area contributed by atoms with Gasteiger partial charge in [0.25, 0.3) is 5.91 Å². The van der Waals surface area contributed by atoms with E-state index in [0.29, 0.717) is 5.69 Å². The Hall–Kier alpha value is -4.39. The molecule has 2 aromatic heterocycles. The van der Waals surface area contributed by atoms with E-state index in [9.17, 15) is 27.5 Å². The van der Waals surface area contributed by atoms with Crippen LogP contribution in [0.5, 0.6) is 5.75 Å². The van der Waals surface area contributed by atoms with Crippen LogP contribution in [0, 0.1) is 5.82 Å². The van der Waals surface area contributed by atoms with Gasteiger partial charge in [-0.15, -0.1) is 0 Å². The third-order valence-corrected chi connectivity index (χ3v) is 5.06. The first-order valence-corrected chi connectivity index (χ1v) is 10.5. The molecular formula is C22H16ClF4N7O2. The fraction of sp³-hybridized carbons (Fsp3) is 0.0909. The van der Waals surface area contributed by atoms with Gasteiger partial charge in [-0.25, -0.2) is 4.39 Å². The van der Waals surface area contributed by atoms with Crippen molar-refractivity contribution in [2.45, 2.75) is 6.18 Å². The lowest BCUT2D eigenvalue weighted by molar-refractivity contribution is -0.141. The Morgan fingerprint density at radius 2 is 1.94 bits per heavy atom. The van der Waals surface area contributed by atoms with Gasteiger partial charge >= 0.3 is 6.18 Å². The molecule has 0 radical (unpaired) electrons. The number of phenolic OH excluding ortho intramolecular Hbond substituents is 1. The van der Waals surface area contributed by atoms with Crippen molar-refractivity contribution in [3.8, 4) is 17.0 Å². The van der Waals surface area contributed by atoms with Crippen LogP contribution >= 0.6 is 11.6 Å². The summed E-state index contributed by atoms with van der Waals surface area (Å²) in [5.41, 5.74) is -1.53. The maximum absolute atomic E-state index is 14.2. The van der Waals surface area contributed by atoms with Crippen molar-refractivity contribution in [1.82, 2.24) is 25.3 Å². The highest BCUT2D eigenvalue weighted by atomic mass is 35.5. The van der Waals surface area contributed by atoms with Crippen LogP contribution in [0.25, 0.3) is 11.3 Å². The SMILES string of the molecule is Cn1cc(C(=O)NC(=Nc2cc(-c3ccc(O)cc3F)[nH]n2)Nc2ccccc2Cl)c(C(F)(F)F)n1. The third kappa shape index (κ3) is 5.46. The third-order valence-electron chi connectivity index (χ3n) is 4.73. The number of nitrogens with zero attached hydrogens (tertiary/aromatic N) is 4. The highest BCUT2D eigenvalue weighted by molar-refractivity contribution is 6.33. The van der Waals surface area contributed by atoms with E-state index in [-0.39, 0.29) is 33.8 Å². The van der Waals surface area contributed by atoms with Crippen molar-refractivity contribution in [2.75, 3.05) is 5.32 Å². The Balaban J connectivity index is 1.69. The summed E-state index contributed by atoms with van der Waals surface area (Å²) in [6, 6.07) is 11.2. The van der Waals surface area contributed by atoms with E-state index in [1.165, 1.54) is 25.2 Å². The second-order valence-electron chi connectivity index (χ2n) is 7.39. The molecule has 14 heteroatoms. The summed E-state index contributed by atoms with van der Waals surface area (Å²) in [6.45, 7) is 0. The van der Waals surface area contributed by atoms with Crippen molar-refractivity contribution in [1.29, 1.82) is 0 Å².